The van der Waals surface area contributed by atoms with Crippen LogP contribution in [0.15, 0.2) is 53.7 Å². The van der Waals surface area contributed by atoms with Gasteiger partial charge in [-0.2, -0.15) is 0 Å². The van der Waals surface area contributed by atoms with E-state index in [4.69, 9.17) is 4.74 Å². The molecule has 0 spiro atoms. The molecule has 0 aliphatic carbocycles. The van der Waals surface area contributed by atoms with E-state index >= 15 is 0 Å². The van der Waals surface area contributed by atoms with Gasteiger partial charge in [0.05, 0.1) is 6.54 Å². The third-order valence-electron chi connectivity index (χ3n) is 4.63. The summed E-state index contributed by atoms with van der Waals surface area (Å²) in [7, 11) is 3.46. The number of halogens is 1. The molecule has 10 heteroatoms. The van der Waals surface area contributed by atoms with Crippen LogP contribution in [0.5, 0.6) is 0 Å². The van der Waals surface area contributed by atoms with Gasteiger partial charge in [-0.15, -0.1) is 34.2 Å². The van der Waals surface area contributed by atoms with Gasteiger partial charge >= 0.3 is 6.09 Å². The molecule has 2 aromatic heterocycles. The van der Waals surface area contributed by atoms with Crippen molar-refractivity contribution < 1.29 is 9.53 Å². The number of hydrogen-bond acceptors (Lipinski definition) is 5. The molecule has 0 saturated carbocycles. The fraction of sp³-hybridized carbons (Fsp3) is 0.391. The van der Waals surface area contributed by atoms with Gasteiger partial charge < -0.3 is 20.3 Å². The molecule has 0 bridgehead atoms. The highest BCUT2D eigenvalue weighted by Gasteiger charge is 2.19. The Morgan fingerprint density at radius 2 is 1.73 bits per heavy atom. The van der Waals surface area contributed by atoms with Crippen molar-refractivity contribution in [3.05, 3.63) is 65.6 Å². The number of carbonyl (C=O) groups excluding carboxylic acids is 1. The second-order valence-corrected chi connectivity index (χ2v) is 8.48. The van der Waals surface area contributed by atoms with Gasteiger partial charge in [0, 0.05) is 33.4 Å². The van der Waals surface area contributed by atoms with Gasteiger partial charge in [0.25, 0.3) is 0 Å². The molecule has 33 heavy (non-hydrogen) atoms. The standard InChI is InChI=1S/C23H31N7O2.HI/c1-23(2,3)32-22(31)29(5)16-18-11-9-17(10-12-18)14-25-21(24-4)26-15-20-28-27-19-8-6-7-13-30(19)20;/h6-13H,14-16H2,1-5H3,(H2,24,25,26);1H. The first-order valence-electron chi connectivity index (χ1n) is 10.5. The summed E-state index contributed by atoms with van der Waals surface area (Å²) in [5.74, 6) is 1.48. The van der Waals surface area contributed by atoms with Gasteiger partial charge in [0.2, 0.25) is 0 Å². The van der Waals surface area contributed by atoms with E-state index < -0.39 is 5.60 Å². The van der Waals surface area contributed by atoms with Crippen LogP contribution in [0.3, 0.4) is 0 Å². The summed E-state index contributed by atoms with van der Waals surface area (Å²) < 4.78 is 7.33. The van der Waals surface area contributed by atoms with E-state index in [9.17, 15) is 4.79 Å². The van der Waals surface area contributed by atoms with Crippen molar-refractivity contribution in [2.45, 2.75) is 46.0 Å². The van der Waals surface area contributed by atoms with Gasteiger partial charge in [-0.25, -0.2) is 4.79 Å². The zero-order valence-electron chi connectivity index (χ0n) is 19.7. The molecule has 0 saturated heterocycles. The van der Waals surface area contributed by atoms with E-state index in [1.807, 2.05) is 73.8 Å². The molecule has 9 nitrogen and oxygen atoms in total. The highest BCUT2D eigenvalue weighted by molar-refractivity contribution is 14.0. The number of carbonyl (C=O) groups is 1. The number of benzene rings is 1. The molecule has 2 heterocycles. The molecule has 3 rings (SSSR count). The lowest BCUT2D eigenvalue weighted by atomic mass is 10.1. The molecule has 178 valence electrons. The minimum absolute atomic E-state index is 0. The number of hydrogen-bond donors (Lipinski definition) is 2. The van der Waals surface area contributed by atoms with E-state index in [0.29, 0.717) is 25.6 Å². The zero-order chi connectivity index (χ0) is 23.1. The molecule has 0 radical (unpaired) electrons. The van der Waals surface area contributed by atoms with E-state index in [1.54, 1.807) is 19.0 Å². The first-order valence-corrected chi connectivity index (χ1v) is 10.5. The Bertz CT molecular complexity index is 1070. The Morgan fingerprint density at radius 3 is 2.39 bits per heavy atom. The molecular weight excluding hydrogens is 533 g/mol. The summed E-state index contributed by atoms with van der Waals surface area (Å²) in [5.41, 5.74) is 2.44. The van der Waals surface area contributed by atoms with Crippen LogP contribution in [0.1, 0.15) is 37.7 Å². The quantitative estimate of drug-likeness (QED) is 0.270. The average molecular weight is 565 g/mol. The van der Waals surface area contributed by atoms with Crippen LogP contribution in [0, 0.1) is 0 Å². The summed E-state index contributed by atoms with van der Waals surface area (Å²) in [5, 5.41) is 14.9. The number of aromatic nitrogens is 3. The van der Waals surface area contributed by atoms with Crippen LogP contribution in [-0.4, -0.2) is 51.2 Å². The number of nitrogens with one attached hydrogen (secondary N) is 2. The summed E-state index contributed by atoms with van der Waals surface area (Å²) in [6, 6.07) is 13.9. The largest absolute Gasteiger partial charge is 0.444 e. The lowest BCUT2D eigenvalue weighted by Gasteiger charge is -2.24. The van der Waals surface area contributed by atoms with Crippen molar-refractivity contribution >= 4 is 41.7 Å². The number of pyridine rings is 1. The molecule has 0 aliphatic heterocycles. The van der Waals surface area contributed by atoms with Crippen molar-refractivity contribution in [3.8, 4) is 0 Å². The SMILES string of the molecule is CN=C(NCc1ccc(CN(C)C(=O)OC(C)(C)C)cc1)NCc1nnc2ccccn12.I. The predicted octanol–water partition coefficient (Wildman–Crippen LogP) is 3.58. The van der Waals surface area contributed by atoms with Crippen molar-refractivity contribution in [3.63, 3.8) is 0 Å². The summed E-state index contributed by atoms with van der Waals surface area (Å²) in [4.78, 5) is 18.0. The Labute approximate surface area is 211 Å². The topological polar surface area (TPSA) is 96.2 Å². The maximum Gasteiger partial charge on any atom is 0.410 e. The second-order valence-electron chi connectivity index (χ2n) is 8.48. The molecule has 2 N–H and O–H groups in total. The molecular formula is C23H32IN7O2. The second kappa shape index (κ2) is 11.8. The van der Waals surface area contributed by atoms with Crippen LogP contribution in [0.4, 0.5) is 4.79 Å². The number of amides is 1. The Morgan fingerprint density at radius 1 is 1.06 bits per heavy atom. The van der Waals surface area contributed by atoms with Gasteiger partial charge in [0.1, 0.15) is 5.60 Å². The molecule has 1 amide bonds. The third-order valence-corrected chi connectivity index (χ3v) is 4.63. The van der Waals surface area contributed by atoms with Crippen LogP contribution >= 0.6 is 24.0 Å². The van der Waals surface area contributed by atoms with Gasteiger partial charge in [0.15, 0.2) is 17.4 Å². The van der Waals surface area contributed by atoms with Crippen molar-refractivity contribution in [2.75, 3.05) is 14.1 Å². The Hall–Kier alpha value is -2.89. The van der Waals surface area contributed by atoms with Crippen molar-refractivity contribution in [1.82, 2.24) is 30.1 Å². The van der Waals surface area contributed by atoms with E-state index in [1.165, 1.54) is 0 Å². The van der Waals surface area contributed by atoms with E-state index in [2.05, 4.69) is 25.8 Å². The summed E-state index contributed by atoms with van der Waals surface area (Å²) >= 11 is 0. The van der Waals surface area contributed by atoms with Crippen LogP contribution in [0.25, 0.3) is 5.65 Å². The van der Waals surface area contributed by atoms with Crippen molar-refractivity contribution in [1.29, 1.82) is 0 Å². The smallest absolute Gasteiger partial charge is 0.410 e. The summed E-state index contributed by atoms with van der Waals surface area (Å²) in [6.45, 7) is 7.17. The number of nitrogens with zero attached hydrogens (tertiary/aromatic N) is 5. The number of aliphatic imine (C=N–C) groups is 1. The number of fused-ring (bicyclic) bond motifs is 1. The maximum atomic E-state index is 12.1. The third kappa shape index (κ3) is 7.88. The molecule has 3 aromatic rings. The van der Waals surface area contributed by atoms with Gasteiger partial charge in [-0.05, 0) is 44.0 Å². The van der Waals surface area contributed by atoms with Crippen LogP contribution < -0.4 is 10.6 Å². The lowest BCUT2D eigenvalue weighted by Crippen LogP contribution is -2.36. The fourth-order valence-electron chi connectivity index (χ4n) is 3.02. The maximum absolute atomic E-state index is 12.1. The van der Waals surface area contributed by atoms with E-state index in [0.717, 1.165) is 22.6 Å². The summed E-state index contributed by atoms with van der Waals surface area (Å²) in [6.07, 6.45) is 1.60. The average Bonchev–Trinajstić information content (AvgIpc) is 3.17. The molecule has 0 fully saturated rings. The molecule has 0 aliphatic rings. The number of ether oxygens (including phenoxy) is 1. The van der Waals surface area contributed by atoms with Gasteiger partial charge in [-0.3, -0.25) is 9.39 Å². The molecule has 0 unspecified atom stereocenters. The fourth-order valence-corrected chi connectivity index (χ4v) is 3.02. The minimum atomic E-state index is -0.505. The predicted molar refractivity (Wildman–Crippen MR) is 140 cm³/mol. The number of guanidine groups is 1. The minimum Gasteiger partial charge on any atom is -0.444 e. The van der Waals surface area contributed by atoms with Gasteiger partial charge in [-0.1, -0.05) is 30.3 Å². The Kier molecular flexibility index (Phi) is 9.44. The number of rotatable bonds is 6. The highest BCUT2D eigenvalue weighted by Crippen LogP contribution is 2.12. The zero-order valence-corrected chi connectivity index (χ0v) is 22.0. The van der Waals surface area contributed by atoms with Crippen LogP contribution in [-0.2, 0) is 24.4 Å². The highest BCUT2D eigenvalue weighted by atomic mass is 127. The first-order chi connectivity index (χ1) is 15.2. The lowest BCUT2D eigenvalue weighted by molar-refractivity contribution is 0.0285. The normalized spacial score (nSPS) is 11.6. The molecule has 0 atom stereocenters. The molecule has 1 aromatic carbocycles. The first kappa shape index (κ1) is 26.4. The Balaban J connectivity index is 0.00000385. The van der Waals surface area contributed by atoms with Crippen molar-refractivity contribution in [2.24, 2.45) is 4.99 Å². The monoisotopic (exact) mass is 565 g/mol. The van der Waals surface area contributed by atoms with Crippen LogP contribution in [0.2, 0.25) is 0 Å². The van der Waals surface area contributed by atoms with E-state index in [-0.39, 0.29) is 30.1 Å².